The Labute approximate surface area is 116 Å². The molecule has 106 valence electrons. The fourth-order valence-corrected chi connectivity index (χ4v) is 2.97. The van der Waals surface area contributed by atoms with Gasteiger partial charge in [0.05, 0.1) is 7.11 Å². The monoisotopic (exact) mass is 262 g/mol. The number of nitrogens with one attached hydrogen (secondary N) is 1. The van der Waals surface area contributed by atoms with Gasteiger partial charge in [-0.3, -0.25) is 0 Å². The molecule has 3 nitrogen and oxygen atoms in total. The number of nitrogens with zero attached hydrogens (tertiary/aromatic N) is 1. The van der Waals surface area contributed by atoms with Crippen molar-refractivity contribution in [3.8, 4) is 5.75 Å². The summed E-state index contributed by atoms with van der Waals surface area (Å²) in [6.07, 6.45) is 1.27. The first-order valence-electron chi connectivity index (χ1n) is 7.13. The van der Waals surface area contributed by atoms with E-state index in [0.29, 0.717) is 11.3 Å². The minimum atomic E-state index is 0.397. The number of hydrogen-bond acceptors (Lipinski definition) is 3. The van der Waals surface area contributed by atoms with Gasteiger partial charge < -0.3 is 15.0 Å². The number of ether oxygens (including phenoxy) is 1. The number of anilines is 1. The van der Waals surface area contributed by atoms with Crippen LogP contribution in [0.3, 0.4) is 0 Å². The lowest BCUT2D eigenvalue weighted by Gasteiger charge is -2.37. The van der Waals surface area contributed by atoms with Gasteiger partial charge in [0.15, 0.2) is 0 Å². The van der Waals surface area contributed by atoms with Gasteiger partial charge in [0.1, 0.15) is 5.75 Å². The van der Waals surface area contributed by atoms with Crippen molar-refractivity contribution in [1.29, 1.82) is 0 Å². The lowest BCUT2D eigenvalue weighted by Crippen LogP contribution is -2.41. The lowest BCUT2D eigenvalue weighted by molar-refractivity contribution is 0.225. The summed E-state index contributed by atoms with van der Waals surface area (Å²) in [4.78, 5) is 2.37. The molecule has 1 aromatic rings. The van der Waals surface area contributed by atoms with Crippen molar-refractivity contribution in [3.05, 3.63) is 24.3 Å². The molecule has 1 heterocycles. The average molecular weight is 262 g/mol. The van der Waals surface area contributed by atoms with Crippen LogP contribution in [0.25, 0.3) is 0 Å². The maximum absolute atomic E-state index is 5.21. The molecule has 2 rings (SSSR count). The van der Waals surface area contributed by atoms with Crippen LogP contribution in [0.15, 0.2) is 24.3 Å². The number of methoxy groups -OCH3 is 1. The third kappa shape index (κ3) is 3.03. The third-order valence-electron chi connectivity index (χ3n) is 4.57. The van der Waals surface area contributed by atoms with Gasteiger partial charge in [0.25, 0.3) is 0 Å². The highest BCUT2D eigenvalue weighted by Crippen LogP contribution is 2.35. The van der Waals surface area contributed by atoms with E-state index < -0.39 is 0 Å². The highest BCUT2D eigenvalue weighted by molar-refractivity contribution is 5.48. The van der Waals surface area contributed by atoms with Gasteiger partial charge in [-0.1, -0.05) is 13.8 Å². The molecule has 1 fully saturated rings. The van der Waals surface area contributed by atoms with Gasteiger partial charge in [0.2, 0.25) is 0 Å². The summed E-state index contributed by atoms with van der Waals surface area (Å²) in [6.45, 7) is 8.06. The molecule has 1 N–H and O–H groups in total. The summed E-state index contributed by atoms with van der Waals surface area (Å²) < 4.78 is 5.21. The van der Waals surface area contributed by atoms with E-state index >= 15 is 0 Å². The number of benzene rings is 1. The van der Waals surface area contributed by atoms with Crippen molar-refractivity contribution < 1.29 is 4.74 Å². The highest BCUT2D eigenvalue weighted by atomic mass is 16.5. The molecule has 0 radical (unpaired) electrons. The molecule has 1 aliphatic heterocycles. The molecule has 0 bridgehead atoms. The Morgan fingerprint density at radius 3 is 2.47 bits per heavy atom. The Hall–Kier alpha value is -1.22. The quantitative estimate of drug-likeness (QED) is 0.883. The molecule has 1 aliphatic rings. The summed E-state index contributed by atoms with van der Waals surface area (Å²) in [7, 11) is 3.89. The van der Waals surface area contributed by atoms with Crippen molar-refractivity contribution >= 4 is 5.69 Å². The molecule has 0 amide bonds. The molecule has 19 heavy (non-hydrogen) atoms. The maximum Gasteiger partial charge on any atom is 0.119 e. The van der Waals surface area contributed by atoms with Crippen LogP contribution in [0.2, 0.25) is 0 Å². The summed E-state index contributed by atoms with van der Waals surface area (Å²) in [5.74, 6) is 1.61. The molecule has 1 saturated heterocycles. The average Bonchev–Trinajstić information content (AvgIpc) is 2.88. The molecular formula is C16H26N2O. The van der Waals surface area contributed by atoms with Crippen molar-refractivity contribution in [3.63, 3.8) is 0 Å². The smallest absolute Gasteiger partial charge is 0.119 e. The predicted molar refractivity (Wildman–Crippen MR) is 81.0 cm³/mol. The fraction of sp³-hybridized carbons (Fsp3) is 0.625. The first kappa shape index (κ1) is 14.2. The van der Waals surface area contributed by atoms with E-state index in [1.807, 2.05) is 12.1 Å². The largest absolute Gasteiger partial charge is 0.497 e. The third-order valence-corrected chi connectivity index (χ3v) is 4.57. The Balaban J connectivity index is 2.08. The van der Waals surface area contributed by atoms with Crippen LogP contribution in [0.5, 0.6) is 5.75 Å². The fourth-order valence-electron chi connectivity index (χ4n) is 2.97. The highest BCUT2D eigenvalue weighted by Gasteiger charge is 2.37. The minimum absolute atomic E-state index is 0.397. The maximum atomic E-state index is 5.21. The molecule has 3 heteroatoms. The second-order valence-electron chi connectivity index (χ2n) is 6.00. The van der Waals surface area contributed by atoms with Crippen LogP contribution >= 0.6 is 0 Å². The van der Waals surface area contributed by atoms with Crippen molar-refractivity contribution in [2.24, 2.45) is 11.3 Å². The number of hydrogen-bond donors (Lipinski definition) is 1. The molecule has 0 aliphatic carbocycles. The Morgan fingerprint density at radius 2 is 2.00 bits per heavy atom. The van der Waals surface area contributed by atoms with Gasteiger partial charge in [-0.15, -0.1) is 0 Å². The molecule has 0 spiro atoms. The summed E-state index contributed by atoms with van der Waals surface area (Å²) in [6, 6.07) is 8.33. The van der Waals surface area contributed by atoms with Crippen molar-refractivity contribution in [2.45, 2.75) is 20.3 Å². The molecule has 0 saturated carbocycles. The first-order valence-corrected chi connectivity index (χ1v) is 7.13. The predicted octanol–water partition coefficient (Wildman–Crippen LogP) is 2.77. The summed E-state index contributed by atoms with van der Waals surface area (Å²) >= 11 is 0. The standard InChI is InChI=1S/C16H26N2O/c1-13(2)16(9-10-17-11-16)12-18(3)14-5-7-15(19-4)8-6-14/h5-8,13,17H,9-12H2,1-4H3. The van der Waals surface area contributed by atoms with E-state index in [-0.39, 0.29) is 0 Å². The van der Waals surface area contributed by atoms with E-state index in [1.165, 1.54) is 12.1 Å². The molecule has 1 unspecified atom stereocenters. The van der Waals surface area contributed by atoms with Crippen LogP contribution in [-0.4, -0.2) is 33.8 Å². The molecule has 0 aromatic heterocycles. The summed E-state index contributed by atoms with van der Waals surface area (Å²) in [5, 5.41) is 3.52. The van der Waals surface area contributed by atoms with Gasteiger partial charge >= 0.3 is 0 Å². The Morgan fingerprint density at radius 1 is 1.32 bits per heavy atom. The molecular weight excluding hydrogens is 236 g/mol. The van der Waals surface area contributed by atoms with Crippen LogP contribution in [0, 0.1) is 11.3 Å². The number of rotatable bonds is 5. The SMILES string of the molecule is COc1ccc(N(C)CC2(C(C)C)CCNC2)cc1. The van der Waals surface area contributed by atoms with Gasteiger partial charge in [-0.05, 0) is 43.1 Å². The zero-order valence-electron chi connectivity index (χ0n) is 12.6. The van der Waals surface area contributed by atoms with E-state index in [9.17, 15) is 0 Å². The Kier molecular flexibility index (Phi) is 4.35. The summed E-state index contributed by atoms with van der Waals surface area (Å²) in [5.41, 5.74) is 1.65. The van der Waals surface area contributed by atoms with Crippen LogP contribution in [0.4, 0.5) is 5.69 Å². The van der Waals surface area contributed by atoms with Gasteiger partial charge in [-0.25, -0.2) is 0 Å². The van der Waals surface area contributed by atoms with Gasteiger partial charge in [-0.2, -0.15) is 0 Å². The Bertz CT molecular complexity index is 394. The van der Waals surface area contributed by atoms with E-state index in [0.717, 1.165) is 25.4 Å². The topological polar surface area (TPSA) is 24.5 Å². The normalized spacial score (nSPS) is 22.8. The van der Waals surface area contributed by atoms with E-state index in [1.54, 1.807) is 7.11 Å². The van der Waals surface area contributed by atoms with E-state index in [4.69, 9.17) is 4.74 Å². The van der Waals surface area contributed by atoms with Crippen molar-refractivity contribution in [2.75, 3.05) is 38.7 Å². The van der Waals surface area contributed by atoms with Gasteiger partial charge in [0, 0.05) is 31.2 Å². The van der Waals surface area contributed by atoms with Crippen LogP contribution in [-0.2, 0) is 0 Å². The second kappa shape index (κ2) is 5.83. The minimum Gasteiger partial charge on any atom is -0.497 e. The molecule has 1 aromatic carbocycles. The first-order chi connectivity index (χ1) is 9.07. The van der Waals surface area contributed by atoms with Crippen molar-refractivity contribution in [1.82, 2.24) is 5.32 Å². The zero-order chi connectivity index (χ0) is 13.9. The lowest BCUT2D eigenvalue weighted by atomic mass is 9.76. The zero-order valence-corrected chi connectivity index (χ0v) is 12.6. The van der Waals surface area contributed by atoms with E-state index in [2.05, 4.69) is 43.2 Å². The van der Waals surface area contributed by atoms with Crippen LogP contribution in [0.1, 0.15) is 20.3 Å². The van der Waals surface area contributed by atoms with Crippen LogP contribution < -0.4 is 15.0 Å². The molecule has 1 atom stereocenters. The second-order valence-corrected chi connectivity index (χ2v) is 6.00.